The molecule has 184 valence electrons. The lowest BCUT2D eigenvalue weighted by molar-refractivity contribution is -0.115. The first-order chi connectivity index (χ1) is 16.4. The number of ether oxygens (including phenoxy) is 1. The van der Waals surface area contributed by atoms with E-state index in [-0.39, 0.29) is 23.0 Å². The molecule has 0 bridgehead atoms. The quantitative estimate of drug-likeness (QED) is 0.631. The van der Waals surface area contributed by atoms with Gasteiger partial charge in [0.25, 0.3) is 0 Å². The summed E-state index contributed by atoms with van der Waals surface area (Å²) in [7, 11) is -2.25. The molecule has 2 aliphatic rings. The van der Waals surface area contributed by atoms with E-state index in [0.29, 0.717) is 24.3 Å². The Labute approximate surface area is 200 Å². The van der Waals surface area contributed by atoms with Gasteiger partial charge in [-0.05, 0) is 68.0 Å². The smallest absolute Gasteiger partial charge is 0.243 e. The summed E-state index contributed by atoms with van der Waals surface area (Å²) in [4.78, 5) is 15.3. The van der Waals surface area contributed by atoms with Gasteiger partial charge in [-0.2, -0.15) is 4.31 Å². The number of piperidine rings is 2. The maximum Gasteiger partial charge on any atom is 0.243 e. The van der Waals surface area contributed by atoms with Crippen molar-refractivity contribution in [3.05, 3.63) is 47.8 Å². The minimum absolute atomic E-state index is 0.0382. The molecule has 2 fully saturated rings. The number of nitrogens with one attached hydrogen (secondary N) is 1. The molecular weight excluding hydrogens is 457 g/mol. The average molecular weight is 490 g/mol. The van der Waals surface area contributed by atoms with Crippen molar-refractivity contribution in [3.63, 3.8) is 0 Å². The van der Waals surface area contributed by atoms with Gasteiger partial charge in [0.15, 0.2) is 11.6 Å². The fourth-order valence-electron chi connectivity index (χ4n) is 4.64. The highest BCUT2D eigenvalue weighted by atomic mass is 32.2. The molecule has 0 spiro atoms. The van der Waals surface area contributed by atoms with Gasteiger partial charge in [0, 0.05) is 26.2 Å². The van der Waals surface area contributed by atoms with Gasteiger partial charge in [0.1, 0.15) is 0 Å². The summed E-state index contributed by atoms with van der Waals surface area (Å²) < 4.78 is 47.0. The minimum Gasteiger partial charge on any atom is -0.494 e. The summed E-state index contributed by atoms with van der Waals surface area (Å²) in [5.41, 5.74) is 1.79. The lowest BCUT2D eigenvalue weighted by Gasteiger charge is -2.31. The zero-order valence-electron chi connectivity index (χ0n) is 19.6. The summed E-state index contributed by atoms with van der Waals surface area (Å²) in [6, 6.07) is 9.42. The van der Waals surface area contributed by atoms with Crippen molar-refractivity contribution in [1.82, 2.24) is 4.31 Å². The van der Waals surface area contributed by atoms with Crippen molar-refractivity contribution >= 4 is 27.3 Å². The Morgan fingerprint density at radius 1 is 0.971 bits per heavy atom. The second-order valence-electron chi connectivity index (χ2n) is 8.89. The highest BCUT2D eigenvalue weighted by Crippen LogP contribution is 2.33. The third-order valence-electron chi connectivity index (χ3n) is 6.47. The number of halogens is 1. The number of methoxy groups -OCH3 is 1. The van der Waals surface area contributed by atoms with E-state index in [2.05, 4.69) is 10.2 Å². The first kappa shape index (κ1) is 24.5. The van der Waals surface area contributed by atoms with Crippen LogP contribution in [0.25, 0.3) is 0 Å². The topological polar surface area (TPSA) is 78.9 Å². The number of carbonyl (C=O) groups excluding carboxylic acids is 1. The Hall–Kier alpha value is -2.65. The summed E-state index contributed by atoms with van der Waals surface area (Å²) in [5.74, 6) is -0.751. The van der Waals surface area contributed by atoms with Crippen LogP contribution in [0, 0.1) is 5.82 Å². The predicted molar refractivity (Wildman–Crippen MR) is 130 cm³/mol. The number of sulfonamides is 1. The Bertz CT molecular complexity index is 1130. The Morgan fingerprint density at radius 2 is 1.65 bits per heavy atom. The van der Waals surface area contributed by atoms with Gasteiger partial charge in [-0.3, -0.25) is 4.79 Å². The van der Waals surface area contributed by atoms with Gasteiger partial charge >= 0.3 is 0 Å². The lowest BCUT2D eigenvalue weighted by atomic mass is 10.1. The lowest BCUT2D eigenvalue weighted by Crippen LogP contribution is -2.36. The van der Waals surface area contributed by atoms with Crippen molar-refractivity contribution in [2.75, 3.05) is 43.5 Å². The first-order valence-corrected chi connectivity index (χ1v) is 13.3. The van der Waals surface area contributed by atoms with Crippen LogP contribution in [0.15, 0.2) is 41.3 Å². The number of hydrogen-bond donors (Lipinski definition) is 1. The van der Waals surface area contributed by atoms with Gasteiger partial charge < -0.3 is 15.0 Å². The summed E-state index contributed by atoms with van der Waals surface area (Å²) in [5, 5.41) is 2.90. The maximum atomic E-state index is 14.1. The molecule has 0 aromatic heterocycles. The van der Waals surface area contributed by atoms with E-state index in [1.807, 2.05) is 0 Å². The van der Waals surface area contributed by atoms with Gasteiger partial charge in [0.05, 0.1) is 29.8 Å². The SMILES string of the molecule is COc1ccc(CC(=O)Nc2cc(S(=O)(=O)N3CCCCC3)ccc2N2CCCCC2)cc1F. The van der Waals surface area contributed by atoms with Crippen molar-refractivity contribution in [2.45, 2.75) is 49.8 Å². The van der Waals surface area contributed by atoms with E-state index >= 15 is 0 Å². The maximum absolute atomic E-state index is 14.1. The Morgan fingerprint density at radius 3 is 2.29 bits per heavy atom. The zero-order chi connectivity index (χ0) is 24.1. The Kier molecular flexibility index (Phi) is 7.73. The van der Waals surface area contributed by atoms with E-state index in [1.54, 1.807) is 24.3 Å². The number of anilines is 2. The first-order valence-electron chi connectivity index (χ1n) is 11.9. The predicted octanol–water partition coefficient (Wildman–Crippen LogP) is 4.18. The molecule has 4 rings (SSSR count). The zero-order valence-corrected chi connectivity index (χ0v) is 20.4. The van der Waals surface area contributed by atoms with Gasteiger partial charge in [-0.1, -0.05) is 12.5 Å². The van der Waals surface area contributed by atoms with Crippen molar-refractivity contribution in [2.24, 2.45) is 0 Å². The molecule has 0 atom stereocenters. The van der Waals surface area contributed by atoms with Crippen LogP contribution in [0.2, 0.25) is 0 Å². The van der Waals surface area contributed by atoms with Crippen molar-refractivity contribution < 1.29 is 22.3 Å². The van der Waals surface area contributed by atoms with Gasteiger partial charge in [-0.25, -0.2) is 12.8 Å². The van der Waals surface area contributed by atoms with E-state index < -0.39 is 15.8 Å². The molecule has 2 aromatic rings. The molecule has 34 heavy (non-hydrogen) atoms. The standard InChI is InChI=1S/C25H32FN3O4S/c1-33-24-11-8-19(16-21(24)26)17-25(30)27-22-18-20(34(31,32)29-14-6-3-7-15-29)9-10-23(22)28-12-4-2-5-13-28/h8-11,16,18H,2-7,12-15,17H2,1H3,(H,27,30). The van der Waals surface area contributed by atoms with E-state index in [9.17, 15) is 17.6 Å². The van der Waals surface area contributed by atoms with Crippen LogP contribution in [0.1, 0.15) is 44.1 Å². The van der Waals surface area contributed by atoms with Crippen LogP contribution < -0.4 is 15.0 Å². The van der Waals surface area contributed by atoms with E-state index in [4.69, 9.17) is 4.74 Å². The normalized spacial score (nSPS) is 17.4. The molecule has 2 saturated heterocycles. The van der Waals surface area contributed by atoms with Crippen molar-refractivity contribution in [1.29, 1.82) is 0 Å². The molecule has 1 N–H and O–H groups in total. The Balaban J connectivity index is 1.60. The van der Waals surface area contributed by atoms with Crippen LogP contribution in [-0.4, -0.2) is 51.9 Å². The number of amides is 1. The fraction of sp³-hybridized carbons (Fsp3) is 0.480. The van der Waals surface area contributed by atoms with E-state index in [0.717, 1.165) is 57.3 Å². The molecule has 0 saturated carbocycles. The fourth-order valence-corrected chi connectivity index (χ4v) is 6.18. The molecule has 0 aliphatic carbocycles. The molecule has 0 unspecified atom stereocenters. The number of benzene rings is 2. The second kappa shape index (κ2) is 10.7. The summed E-state index contributed by atoms with van der Waals surface area (Å²) in [6.07, 6.45) is 5.96. The molecule has 2 aromatic carbocycles. The monoisotopic (exact) mass is 489 g/mol. The van der Waals surface area contributed by atoms with Crippen molar-refractivity contribution in [3.8, 4) is 5.75 Å². The highest BCUT2D eigenvalue weighted by Gasteiger charge is 2.27. The molecule has 0 radical (unpaired) electrons. The molecular formula is C25H32FN3O4S. The van der Waals surface area contributed by atoms with E-state index in [1.165, 1.54) is 23.5 Å². The number of carbonyl (C=O) groups is 1. The molecule has 1 amide bonds. The van der Waals surface area contributed by atoms with Crippen LogP contribution in [-0.2, 0) is 21.2 Å². The van der Waals surface area contributed by atoms with Crippen LogP contribution >= 0.6 is 0 Å². The summed E-state index contributed by atoms with van der Waals surface area (Å²) in [6.45, 7) is 2.73. The number of nitrogens with zero attached hydrogens (tertiary/aromatic N) is 2. The molecule has 7 nitrogen and oxygen atoms in total. The van der Waals surface area contributed by atoms with Gasteiger partial charge in [0.2, 0.25) is 15.9 Å². The largest absolute Gasteiger partial charge is 0.494 e. The number of hydrogen-bond acceptors (Lipinski definition) is 5. The third kappa shape index (κ3) is 5.52. The number of rotatable bonds is 7. The summed E-state index contributed by atoms with van der Waals surface area (Å²) >= 11 is 0. The van der Waals surface area contributed by atoms with Gasteiger partial charge in [-0.15, -0.1) is 0 Å². The second-order valence-corrected chi connectivity index (χ2v) is 10.8. The highest BCUT2D eigenvalue weighted by molar-refractivity contribution is 7.89. The van der Waals surface area contributed by atoms with Crippen LogP contribution in [0.4, 0.5) is 15.8 Å². The minimum atomic E-state index is -3.64. The van der Waals surface area contributed by atoms with Crippen LogP contribution in [0.3, 0.4) is 0 Å². The molecule has 2 aliphatic heterocycles. The molecule has 2 heterocycles. The third-order valence-corrected chi connectivity index (χ3v) is 8.37. The van der Waals surface area contributed by atoms with Crippen LogP contribution in [0.5, 0.6) is 5.75 Å². The average Bonchev–Trinajstić information content (AvgIpc) is 2.85. The molecule has 9 heteroatoms.